The van der Waals surface area contributed by atoms with Crippen LogP contribution < -0.4 is 5.32 Å². The van der Waals surface area contributed by atoms with Gasteiger partial charge in [-0.2, -0.15) is 0 Å². The van der Waals surface area contributed by atoms with Crippen LogP contribution in [0, 0.1) is 18.6 Å². The zero-order valence-corrected chi connectivity index (χ0v) is 10.2. The second kappa shape index (κ2) is 5.23. The van der Waals surface area contributed by atoms with E-state index in [0.717, 1.165) is 17.3 Å². The predicted octanol–water partition coefficient (Wildman–Crippen LogP) is 2.98. The first-order valence-electron chi connectivity index (χ1n) is 5.65. The van der Waals surface area contributed by atoms with Gasteiger partial charge in [-0.05, 0) is 48.9 Å². The first-order chi connectivity index (χ1) is 8.60. The summed E-state index contributed by atoms with van der Waals surface area (Å²) >= 11 is 0. The monoisotopic (exact) mass is 248 g/mol. The van der Waals surface area contributed by atoms with Gasteiger partial charge in [0.25, 0.3) is 0 Å². The molecule has 94 valence electrons. The molecular formula is C14H14F2N2. The summed E-state index contributed by atoms with van der Waals surface area (Å²) in [7, 11) is 1.75. The highest BCUT2D eigenvalue weighted by Gasteiger charge is 2.14. The van der Waals surface area contributed by atoms with Gasteiger partial charge in [-0.3, -0.25) is 4.98 Å². The summed E-state index contributed by atoms with van der Waals surface area (Å²) in [6, 6.07) is 5.89. The quantitative estimate of drug-likeness (QED) is 0.903. The van der Waals surface area contributed by atoms with Crippen molar-refractivity contribution < 1.29 is 8.78 Å². The van der Waals surface area contributed by atoms with Gasteiger partial charge < -0.3 is 5.32 Å². The molecule has 0 aliphatic rings. The van der Waals surface area contributed by atoms with Gasteiger partial charge in [0.15, 0.2) is 0 Å². The van der Waals surface area contributed by atoms with Crippen LogP contribution >= 0.6 is 0 Å². The molecule has 0 bridgehead atoms. The third kappa shape index (κ3) is 2.71. The van der Waals surface area contributed by atoms with Gasteiger partial charge in [-0.25, -0.2) is 8.78 Å². The number of rotatable bonds is 3. The number of benzene rings is 1. The van der Waals surface area contributed by atoms with E-state index in [2.05, 4.69) is 10.3 Å². The molecule has 1 atom stereocenters. The second-order valence-electron chi connectivity index (χ2n) is 4.22. The van der Waals surface area contributed by atoms with Crippen molar-refractivity contribution in [2.24, 2.45) is 0 Å². The molecule has 0 aliphatic heterocycles. The van der Waals surface area contributed by atoms with E-state index < -0.39 is 5.82 Å². The molecule has 1 N–H and O–H groups in total. The summed E-state index contributed by atoms with van der Waals surface area (Å²) in [5.74, 6) is -0.699. The van der Waals surface area contributed by atoms with Gasteiger partial charge in [0.2, 0.25) is 0 Å². The van der Waals surface area contributed by atoms with Crippen molar-refractivity contribution >= 4 is 0 Å². The molecule has 2 rings (SSSR count). The molecule has 2 aromatic rings. The first kappa shape index (κ1) is 12.6. The van der Waals surface area contributed by atoms with E-state index in [1.54, 1.807) is 13.2 Å². The van der Waals surface area contributed by atoms with E-state index in [4.69, 9.17) is 0 Å². The lowest BCUT2D eigenvalue weighted by Gasteiger charge is -2.17. The number of aryl methyl sites for hydroxylation is 1. The van der Waals surface area contributed by atoms with Crippen LogP contribution in [0.3, 0.4) is 0 Å². The average molecular weight is 248 g/mol. The molecule has 2 nitrogen and oxygen atoms in total. The van der Waals surface area contributed by atoms with E-state index in [9.17, 15) is 8.78 Å². The van der Waals surface area contributed by atoms with Crippen LogP contribution in [0.5, 0.6) is 0 Å². The lowest BCUT2D eigenvalue weighted by Crippen LogP contribution is -2.18. The fourth-order valence-electron chi connectivity index (χ4n) is 2.04. The Hall–Kier alpha value is -1.81. The maximum atomic E-state index is 13.4. The Morgan fingerprint density at radius 2 is 1.72 bits per heavy atom. The van der Waals surface area contributed by atoms with E-state index in [-0.39, 0.29) is 11.9 Å². The fraction of sp³-hybridized carbons (Fsp3) is 0.214. The maximum Gasteiger partial charge on any atom is 0.141 e. The zero-order valence-electron chi connectivity index (χ0n) is 10.2. The maximum absolute atomic E-state index is 13.4. The van der Waals surface area contributed by atoms with Gasteiger partial charge >= 0.3 is 0 Å². The highest BCUT2D eigenvalue weighted by Crippen LogP contribution is 2.23. The molecule has 1 heterocycles. The SMILES string of the molecule is CNC(c1cncc(F)c1)c1cc(C)cc(F)c1. The Balaban J connectivity index is 2.45. The van der Waals surface area contributed by atoms with Crippen LogP contribution in [-0.4, -0.2) is 12.0 Å². The Bertz CT molecular complexity index is 535. The Morgan fingerprint density at radius 1 is 1.00 bits per heavy atom. The molecule has 18 heavy (non-hydrogen) atoms. The third-order valence-corrected chi connectivity index (χ3v) is 2.75. The molecule has 1 unspecified atom stereocenters. The molecule has 1 aromatic carbocycles. The molecule has 0 aliphatic carbocycles. The molecule has 0 saturated heterocycles. The summed E-state index contributed by atoms with van der Waals surface area (Å²) in [5, 5.41) is 3.04. The van der Waals surface area contributed by atoms with Gasteiger partial charge in [-0.15, -0.1) is 0 Å². The van der Waals surface area contributed by atoms with Crippen molar-refractivity contribution in [2.45, 2.75) is 13.0 Å². The van der Waals surface area contributed by atoms with Gasteiger partial charge in [0.05, 0.1) is 12.2 Å². The minimum absolute atomic E-state index is 0.275. The smallest absolute Gasteiger partial charge is 0.141 e. The number of nitrogens with one attached hydrogen (secondary N) is 1. The number of aromatic nitrogens is 1. The largest absolute Gasteiger partial charge is 0.309 e. The third-order valence-electron chi connectivity index (χ3n) is 2.75. The molecular weight excluding hydrogens is 234 g/mol. The summed E-state index contributed by atoms with van der Waals surface area (Å²) in [6.45, 7) is 1.82. The number of halogens is 2. The van der Waals surface area contributed by atoms with Crippen LogP contribution in [0.4, 0.5) is 8.78 Å². The second-order valence-corrected chi connectivity index (χ2v) is 4.22. The summed E-state index contributed by atoms with van der Waals surface area (Å²) in [6.07, 6.45) is 2.72. The molecule has 0 saturated carbocycles. The van der Waals surface area contributed by atoms with Crippen molar-refractivity contribution in [1.82, 2.24) is 10.3 Å². The van der Waals surface area contributed by atoms with Gasteiger partial charge in [0, 0.05) is 6.20 Å². The summed E-state index contributed by atoms with van der Waals surface area (Å²) in [5.41, 5.74) is 2.25. The molecule has 0 radical (unpaired) electrons. The van der Waals surface area contributed by atoms with Crippen molar-refractivity contribution in [2.75, 3.05) is 7.05 Å². The van der Waals surface area contributed by atoms with Crippen molar-refractivity contribution in [3.05, 3.63) is 65.0 Å². The number of nitrogens with zero attached hydrogens (tertiary/aromatic N) is 1. The minimum Gasteiger partial charge on any atom is -0.309 e. The van der Waals surface area contributed by atoms with Crippen LogP contribution in [0.1, 0.15) is 22.7 Å². The van der Waals surface area contributed by atoms with Crippen LogP contribution in [0.2, 0.25) is 0 Å². The highest BCUT2D eigenvalue weighted by atomic mass is 19.1. The average Bonchev–Trinajstić information content (AvgIpc) is 2.28. The van der Waals surface area contributed by atoms with E-state index in [0.29, 0.717) is 5.56 Å². The van der Waals surface area contributed by atoms with Crippen molar-refractivity contribution in [3.8, 4) is 0 Å². The van der Waals surface area contributed by atoms with E-state index in [1.165, 1.54) is 18.2 Å². The van der Waals surface area contributed by atoms with Crippen molar-refractivity contribution in [1.29, 1.82) is 0 Å². The Kier molecular flexibility index (Phi) is 3.67. The van der Waals surface area contributed by atoms with E-state index in [1.807, 2.05) is 13.0 Å². The predicted molar refractivity (Wildman–Crippen MR) is 66.2 cm³/mol. The fourth-order valence-corrected chi connectivity index (χ4v) is 2.04. The highest BCUT2D eigenvalue weighted by molar-refractivity contribution is 5.33. The molecule has 1 aromatic heterocycles. The van der Waals surface area contributed by atoms with Crippen LogP contribution in [0.15, 0.2) is 36.7 Å². The van der Waals surface area contributed by atoms with Crippen LogP contribution in [0.25, 0.3) is 0 Å². The molecule has 0 fully saturated rings. The van der Waals surface area contributed by atoms with E-state index >= 15 is 0 Å². The normalized spacial score (nSPS) is 12.4. The van der Waals surface area contributed by atoms with Gasteiger partial charge in [0.1, 0.15) is 11.6 Å². The number of pyridine rings is 1. The van der Waals surface area contributed by atoms with Crippen LogP contribution in [-0.2, 0) is 0 Å². The summed E-state index contributed by atoms with van der Waals surface area (Å²) in [4.78, 5) is 3.81. The molecule has 4 heteroatoms. The molecule has 0 amide bonds. The lowest BCUT2D eigenvalue weighted by atomic mass is 9.98. The lowest BCUT2D eigenvalue weighted by molar-refractivity contribution is 0.602. The summed E-state index contributed by atoms with van der Waals surface area (Å²) < 4.78 is 26.6. The van der Waals surface area contributed by atoms with Crippen molar-refractivity contribution in [3.63, 3.8) is 0 Å². The topological polar surface area (TPSA) is 24.9 Å². The Labute approximate surface area is 105 Å². The Morgan fingerprint density at radius 3 is 2.33 bits per heavy atom. The standard InChI is InChI=1S/C14H14F2N2/c1-9-3-10(5-12(15)4-9)14(17-2)11-6-13(16)8-18-7-11/h3-8,14,17H,1-2H3. The molecule has 0 spiro atoms. The number of hydrogen-bond acceptors (Lipinski definition) is 2. The zero-order chi connectivity index (χ0) is 13.1. The van der Waals surface area contributed by atoms with Gasteiger partial charge in [-0.1, -0.05) is 6.07 Å². The first-order valence-corrected chi connectivity index (χ1v) is 5.65. The number of hydrogen-bond donors (Lipinski definition) is 1. The minimum atomic E-state index is -0.402.